The molecule has 0 saturated carbocycles. The Labute approximate surface area is 86.8 Å². The molecule has 1 aromatic heterocycles. The number of aromatic nitrogens is 1. The Hall–Kier alpha value is -0.350. The van der Waals surface area contributed by atoms with E-state index in [4.69, 9.17) is 0 Å². The van der Waals surface area contributed by atoms with Crippen LogP contribution in [0.5, 0.6) is 0 Å². The second-order valence-electron chi connectivity index (χ2n) is 2.80. The maximum Gasteiger partial charge on any atom is 0.161 e. The van der Waals surface area contributed by atoms with E-state index in [2.05, 4.69) is 18.8 Å². The Bertz CT molecular complexity index is 272. The third kappa shape index (κ3) is 3.48. The fraction of sp³-hybridized carbons (Fsp3) is 0.556. The van der Waals surface area contributed by atoms with Gasteiger partial charge in [-0.3, -0.25) is 4.79 Å². The van der Waals surface area contributed by atoms with E-state index >= 15 is 0 Å². The topological polar surface area (TPSA) is 30.0 Å². The molecule has 1 heterocycles. The van der Waals surface area contributed by atoms with E-state index < -0.39 is 0 Å². The number of thioether (sulfide) groups is 1. The van der Waals surface area contributed by atoms with Crippen molar-refractivity contribution in [1.29, 1.82) is 0 Å². The standard InChI is InChI=1S/C9H13NOS2/c1-3-7(2)12-6-9-10-4-8(5-11)13-9/h4-5,7H,3,6H2,1-2H3. The smallest absolute Gasteiger partial charge is 0.161 e. The lowest BCUT2D eigenvalue weighted by atomic mass is 10.4. The highest BCUT2D eigenvalue weighted by molar-refractivity contribution is 7.99. The van der Waals surface area contributed by atoms with Crippen LogP contribution >= 0.6 is 23.1 Å². The molecular formula is C9H13NOS2. The maximum absolute atomic E-state index is 10.4. The number of hydrogen-bond donors (Lipinski definition) is 0. The van der Waals surface area contributed by atoms with Gasteiger partial charge < -0.3 is 0 Å². The summed E-state index contributed by atoms with van der Waals surface area (Å²) in [7, 11) is 0. The minimum absolute atomic E-state index is 0.670. The Morgan fingerprint density at radius 1 is 1.77 bits per heavy atom. The van der Waals surface area contributed by atoms with Crippen LogP contribution in [0.15, 0.2) is 6.20 Å². The summed E-state index contributed by atoms with van der Waals surface area (Å²) < 4.78 is 0. The van der Waals surface area contributed by atoms with Gasteiger partial charge in [-0.2, -0.15) is 11.8 Å². The van der Waals surface area contributed by atoms with E-state index in [0.717, 1.165) is 21.9 Å². The number of nitrogens with zero attached hydrogens (tertiary/aromatic N) is 1. The van der Waals surface area contributed by atoms with Crippen molar-refractivity contribution < 1.29 is 4.79 Å². The molecule has 0 radical (unpaired) electrons. The predicted octanol–water partition coefficient (Wildman–Crippen LogP) is 2.99. The van der Waals surface area contributed by atoms with Crippen molar-refractivity contribution in [3.8, 4) is 0 Å². The summed E-state index contributed by atoms with van der Waals surface area (Å²) in [5.41, 5.74) is 0. The molecule has 1 rings (SSSR count). The van der Waals surface area contributed by atoms with E-state index in [-0.39, 0.29) is 0 Å². The van der Waals surface area contributed by atoms with Gasteiger partial charge >= 0.3 is 0 Å². The number of carbonyl (C=O) groups excluding carboxylic acids is 1. The molecular weight excluding hydrogens is 202 g/mol. The monoisotopic (exact) mass is 215 g/mol. The van der Waals surface area contributed by atoms with Gasteiger partial charge in [0.05, 0.1) is 4.88 Å². The summed E-state index contributed by atoms with van der Waals surface area (Å²) in [6.07, 6.45) is 3.68. The van der Waals surface area contributed by atoms with E-state index in [1.165, 1.54) is 17.8 Å². The summed E-state index contributed by atoms with van der Waals surface area (Å²) in [6.45, 7) is 4.38. The van der Waals surface area contributed by atoms with Gasteiger partial charge in [-0.1, -0.05) is 13.8 Å². The second-order valence-corrected chi connectivity index (χ2v) is 5.38. The molecule has 0 saturated heterocycles. The largest absolute Gasteiger partial charge is 0.297 e. The lowest BCUT2D eigenvalue weighted by molar-refractivity contribution is 0.112. The first-order valence-corrected chi connectivity index (χ1v) is 6.14. The molecule has 1 atom stereocenters. The van der Waals surface area contributed by atoms with Crippen LogP contribution in [0, 0.1) is 0 Å². The van der Waals surface area contributed by atoms with Gasteiger partial charge in [0.15, 0.2) is 6.29 Å². The van der Waals surface area contributed by atoms with Gasteiger partial charge in [-0.05, 0) is 6.42 Å². The quantitative estimate of drug-likeness (QED) is 0.707. The molecule has 4 heteroatoms. The van der Waals surface area contributed by atoms with Crippen molar-refractivity contribution in [3.05, 3.63) is 16.1 Å². The summed E-state index contributed by atoms with van der Waals surface area (Å²) >= 11 is 3.37. The number of rotatable bonds is 5. The third-order valence-corrected chi connectivity index (χ3v) is 4.20. The fourth-order valence-electron chi connectivity index (χ4n) is 0.777. The first-order valence-electron chi connectivity index (χ1n) is 4.27. The first kappa shape index (κ1) is 10.7. The van der Waals surface area contributed by atoms with Gasteiger partial charge in [-0.25, -0.2) is 4.98 Å². The summed E-state index contributed by atoms with van der Waals surface area (Å²) in [5, 5.41) is 1.72. The van der Waals surface area contributed by atoms with Crippen LogP contribution in [0.2, 0.25) is 0 Å². The third-order valence-electron chi connectivity index (χ3n) is 1.75. The molecule has 0 aliphatic rings. The van der Waals surface area contributed by atoms with E-state index in [9.17, 15) is 4.79 Å². The molecule has 0 aliphatic carbocycles. The van der Waals surface area contributed by atoms with Crippen LogP contribution in [0.3, 0.4) is 0 Å². The van der Waals surface area contributed by atoms with Crippen molar-refractivity contribution in [3.63, 3.8) is 0 Å². The second kappa shape index (κ2) is 5.40. The van der Waals surface area contributed by atoms with Crippen LogP contribution in [0.4, 0.5) is 0 Å². The van der Waals surface area contributed by atoms with Crippen molar-refractivity contribution in [2.24, 2.45) is 0 Å². The molecule has 0 N–H and O–H groups in total. The molecule has 2 nitrogen and oxygen atoms in total. The van der Waals surface area contributed by atoms with Gasteiger partial charge in [0.2, 0.25) is 0 Å². The molecule has 0 aliphatic heterocycles. The van der Waals surface area contributed by atoms with Crippen LogP contribution in [0.25, 0.3) is 0 Å². The average Bonchev–Trinajstić information content (AvgIpc) is 2.61. The molecule has 0 spiro atoms. The van der Waals surface area contributed by atoms with Crippen LogP contribution in [-0.4, -0.2) is 16.5 Å². The highest BCUT2D eigenvalue weighted by Gasteiger charge is 2.04. The normalized spacial score (nSPS) is 12.8. The van der Waals surface area contributed by atoms with Crippen LogP contribution < -0.4 is 0 Å². The molecule has 0 aromatic carbocycles. The minimum Gasteiger partial charge on any atom is -0.297 e. The Balaban J connectivity index is 2.40. The minimum atomic E-state index is 0.670. The van der Waals surface area contributed by atoms with Crippen molar-refractivity contribution in [2.45, 2.75) is 31.3 Å². The molecule has 13 heavy (non-hydrogen) atoms. The Morgan fingerprint density at radius 3 is 3.08 bits per heavy atom. The summed E-state index contributed by atoms with van der Waals surface area (Å²) in [4.78, 5) is 15.3. The maximum atomic E-state index is 10.4. The number of carbonyl (C=O) groups is 1. The Morgan fingerprint density at radius 2 is 2.54 bits per heavy atom. The Kier molecular flexibility index (Phi) is 4.45. The van der Waals surface area contributed by atoms with Crippen LogP contribution in [0.1, 0.15) is 34.9 Å². The lowest BCUT2D eigenvalue weighted by Crippen LogP contribution is -1.92. The number of aldehydes is 1. The molecule has 72 valence electrons. The highest BCUT2D eigenvalue weighted by Crippen LogP contribution is 2.22. The van der Waals surface area contributed by atoms with Crippen molar-refractivity contribution in [1.82, 2.24) is 4.98 Å². The van der Waals surface area contributed by atoms with E-state index in [1.54, 1.807) is 6.20 Å². The predicted molar refractivity (Wildman–Crippen MR) is 58.5 cm³/mol. The SMILES string of the molecule is CCC(C)SCc1ncc(C=O)s1. The first-order chi connectivity index (χ1) is 6.26. The molecule has 1 aromatic rings. The van der Waals surface area contributed by atoms with Gasteiger partial charge in [-0.15, -0.1) is 11.3 Å². The zero-order valence-electron chi connectivity index (χ0n) is 7.82. The average molecular weight is 215 g/mol. The summed E-state index contributed by atoms with van der Waals surface area (Å²) in [6, 6.07) is 0. The zero-order chi connectivity index (χ0) is 9.68. The highest BCUT2D eigenvalue weighted by atomic mass is 32.2. The van der Waals surface area contributed by atoms with E-state index in [1.807, 2.05) is 11.8 Å². The number of hydrogen-bond acceptors (Lipinski definition) is 4. The molecule has 0 bridgehead atoms. The van der Waals surface area contributed by atoms with Crippen molar-refractivity contribution >= 4 is 29.4 Å². The van der Waals surface area contributed by atoms with Gasteiger partial charge in [0.1, 0.15) is 5.01 Å². The van der Waals surface area contributed by atoms with Crippen LogP contribution in [-0.2, 0) is 5.75 Å². The summed E-state index contributed by atoms with van der Waals surface area (Å²) in [5.74, 6) is 0.924. The van der Waals surface area contributed by atoms with Crippen molar-refractivity contribution in [2.75, 3.05) is 0 Å². The molecule has 0 amide bonds. The molecule has 1 unspecified atom stereocenters. The van der Waals surface area contributed by atoms with Gasteiger partial charge in [0.25, 0.3) is 0 Å². The molecule has 0 fully saturated rings. The van der Waals surface area contributed by atoms with E-state index in [0.29, 0.717) is 5.25 Å². The fourth-order valence-corrected chi connectivity index (χ4v) is 2.49. The van der Waals surface area contributed by atoms with Gasteiger partial charge in [0, 0.05) is 17.2 Å². The lowest BCUT2D eigenvalue weighted by Gasteiger charge is -2.04. The zero-order valence-corrected chi connectivity index (χ0v) is 9.45. The number of thiazole rings is 1.